The van der Waals surface area contributed by atoms with E-state index in [1.165, 1.54) is 29.6 Å². The fourth-order valence-corrected chi connectivity index (χ4v) is 8.16. The van der Waals surface area contributed by atoms with Gasteiger partial charge in [0.25, 0.3) is 11.8 Å². The lowest BCUT2D eigenvalue weighted by molar-refractivity contribution is -0.117. The number of nitrogens with two attached hydrogens (primary N) is 7. The van der Waals surface area contributed by atoms with Crippen molar-refractivity contribution in [3.8, 4) is 0 Å². The monoisotopic (exact) mass is 974 g/mol. The molecule has 0 saturated heterocycles. The molecule has 3 aromatic carbocycles. The van der Waals surface area contributed by atoms with Gasteiger partial charge in [-0.05, 0) is 97.0 Å². The van der Waals surface area contributed by atoms with Crippen molar-refractivity contribution in [2.75, 3.05) is 59.0 Å². The molecule has 3 aromatic rings. The lowest BCUT2D eigenvalue weighted by Gasteiger charge is -2.25. The molecule has 68 heavy (non-hydrogen) atoms. The quantitative estimate of drug-likeness (QED) is 0.0233. The highest BCUT2D eigenvalue weighted by Gasteiger charge is 2.25. The Kier molecular flexibility index (Phi) is 22.0. The zero-order valence-electron chi connectivity index (χ0n) is 40.4. The molecule has 21 heteroatoms. The van der Waals surface area contributed by atoms with Crippen LogP contribution in [-0.4, -0.2) is 85.0 Å². The maximum absolute atomic E-state index is 14.3. The van der Waals surface area contributed by atoms with Gasteiger partial charge in [0.2, 0.25) is 11.8 Å². The molecule has 0 unspecified atom stereocenters. The highest BCUT2D eigenvalue weighted by Crippen LogP contribution is 2.41. The van der Waals surface area contributed by atoms with Crippen LogP contribution in [0, 0.1) is 0 Å². The number of guanidine groups is 3. The molecule has 0 fully saturated rings. The number of amides is 4. The fourth-order valence-electron chi connectivity index (χ4n) is 6.33. The Morgan fingerprint density at radius 1 is 0.500 bits per heavy atom. The summed E-state index contributed by atoms with van der Waals surface area (Å²) in [6, 6.07) is 13.9. The third-order valence-corrected chi connectivity index (χ3v) is 12.1. The summed E-state index contributed by atoms with van der Waals surface area (Å²) in [4.78, 5) is 72.8. The second-order valence-corrected chi connectivity index (χ2v) is 20.2. The van der Waals surface area contributed by atoms with Crippen LogP contribution in [0.3, 0.4) is 0 Å². The largest absolute Gasteiger partial charge is 0.388 e. The van der Waals surface area contributed by atoms with Crippen molar-refractivity contribution in [3.63, 3.8) is 0 Å². The average molecular weight is 974 g/mol. The van der Waals surface area contributed by atoms with Crippen LogP contribution in [0.4, 0.5) is 22.7 Å². The van der Waals surface area contributed by atoms with Crippen molar-refractivity contribution < 1.29 is 19.2 Å². The molecule has 18 N–H and O–H groups in total. The molecule has 370 valence electrons. The van der Waals surface area contributed by atoms with Gasteiger partial charge in [0.15, 0.2) is 17.9 Å². The number of carbonyl (C=O) groups is 4. The van der Waals surface area contributed by atoms with Gasteiger partial charge in [0.05, 0.1) is 51.5 Å². The van der Waals surface area contributed by atoms with Crippen LogP contribution >= 0.6 is 23.5 Å². The number of hydrogen-bond acceptors (Lipinski definition) is 10. The number of amidine groups is 1. The maximum atomic E-state index is 14.3. The van der Waals surface area contributed by atoms with Crippen LogP contribution in [0.5, 0.6) is 0 Å². The standard InChI is InChI=1S/C47H71N15O4S2/c1-28(48)55-17-10-8-15-37(63)59-33-24-31(46(2,3)4)26-35(39(33)67-21-19-57-44(51)52)61-41(65)29-13-12-14-30(23-29)42(66)62-36-27-32(47(5,6)7)25-34(40(36)68-22-20-58-45(53)54)60-38(64)16-9-11-18-56-43(49)50/h12-14,23-27H,8-11,15-22H2,1-7H3,(H2,48,55)(H,59,63)(H,60,64)(H,61,65)(H,62,66)(H4,49,50,56)(H4,51,52,57)(H4,53,54,58). The zero-order chi connectivity index (χ0) is 50.6. The SMILES string of the molecule is CC(N)=NCCCCC(=O)Nc1cc(C(C)(C)C)cc(NC(=O)c2cccc(C(=O)Nc3cc(C(C)(C)C)cc(NC(=O)CCCCN=C(N)N)c3SCCN=C(N)N)c2)c1SCCN=C(N)N. The van der Waals surface area contributed by atoms with E-state index in [4.69, 9.17) is 40.1 Å². The third-order valence-electron chi connectivity index (χ3n) is 9.89. The van der Waals surface area contributed by atoms with E-state index in [1.807, 2.05) is 65.8 Å². The van der Waals surface area contributed by atoms with Crippen LogP contribution in [0.15, 0.2) is 78.3 Å². The highest BCUT2D eigenvalue weighted by atomic mass is 32.2. The van der Waals surface area contributed by atoms with Crippen LogP contribution < -0.4 is 61.4 Å². The molecule has 0 aliphatic heterocycles. The molecule has 0 aromatic heterocycles. The predicted molar refractivity (Wildman–Crippen MR) is 283 cm³/mol. The molecule has 3 rings (SSSR count). The number of nitrogens with one attached hydrogen (secondary N) is 4. The summed E-state index contributed by atoms with van der Waals surface area (Å²) in [7, 11) is 0. The summed E-state index contributed by atoms with van der Waals surface area (Å²) < 4.78 is 0. The van der Waals surface area contributed by atoms with Gasteiger partial charge in [-0.3, -0.25) is 39.1 Å². The second-order valence-electron chi connectivity index (χ2n) is 17.9. The fraction of sp³-hybridized carbons (Fsp3) is 0.447. The number of aliphatic imine (C=N–C) groups is 4. The normalized spacial score (nSPS) is 11.5. The maximum Gasteiger partial charge on any atom is 0.255 e. The Morgan fingerprint density at radius 3 is 1.21 bits per heavy atom. The number of nitrogens with zero attached hydrogens (tertiary/aromatic N) is 4. The average Bonchev–Trinajstić information content (AvgIpc) is 3.23. The summed E-state index contributed by atoms with van der Waals surface area (Å²) in [6.45, 7) is 15.4. The molecule has 0 saturated carbocycles. The summed E-state index contributed by atoms with van der Waals surface area (Å²) in [6.07, 6.45) is 2.93. The predicted octanol–water partition coefficient (Wildman–Crippen LogP) is 5.39. The zero-order valence-corrected chi connectivity index (χ0v) is 42.0. The van der Waals surface area contributed by atoms with Crippen molar-refractivity contribution in [2.24, 2.45) is 60.1 Å². The van der Waals surface area contributed by atoms with Gasteiger partial charge in [0, 0.05) is 48.6 Å². The van der Waals surface area contributed by atoms with E-state index in [9.17, 15) is 19.2 Å². The number of rotatable bonds is 24. The molecule has 0 atom stereocenters. The van der Waals surface area contributed by atoms with Crippen molar-refractivity contribution >= 4 is 93.6 Å². The smallest absolute Gasteiger partial charge is 0.255 e. The highest BCUT2D eigenvalue weighted by molar-refractivity contribution is 7.99. The number of carbonyl (C=O) groups excluding carboxylic acids is 4. The van der Waals surface area contributed by atoms with Crippen LogP contribution in [0.2, 0.25) is 0 Å². The minimum atomic E-state index is -0.491. The molecule has 0 radical (unpaired) electrons. The summed E-state index contributed by atoms with van der Waals surface area (Å²) in [5, 5.41) is 12.3. The van der Waals surface area contributed by atoms with Crippen molar-refractivity contribution in [3.05, 3.63) is 70.8 Å². The van der Waals surface area contributed by atoms with Gasteiger partial charge < -0.3 is 61.4 Å². The van der Waals surface area contributed by atoms with Crippen LogP contribution in [-0.2, 0) is 20.4 Å². The molecular formula is C47H71N15O4S2. The summed E-state index contributed by atoms with van der Waals surface area (Å²) in [5.41, 5.74) is 42.2. The van der Waals surface area contributed by atoms with Crippen molar-refractivity contribution in [2.45, 2.75) is 108 Å². The number of hydrogen-bond donors (Lipinski definition) is 11. The van der Waals surface area contributed by atoms with Crippen molar-refractivity contribution in [1.29, 1.82) is 0 Å². The van der Waals surface area contributed by atoms with E-state index in [-0.39, 0.29) is 77.6 Å². The number of benzene rings is 3. The topological polar surface area (TPSA) is 348 Å². The first-order valence-corrected chi connectivity index (χ1v) is 24.3. The second kappa shape index (κ2) is 26.8. The molecule has 0 aliphatic rings. The van der Waals surface area contributed by atoms with Gasteiger partial charge in [-0.25, -0.2) is 0 Å². The molecule has 4 amide bonds. The van der Waals surface area contributed by atoms with Crippen LogP contribution in [0.25, 0.3) is 0 Å². The van der Waals surface area contributed by atoms with E-state index in [1.54, 1.807) is 25.1 Å². The van der Waals surface area contributed by atoms with Crippen molar-refractivity contribution in [1.82, 2.24) is 0 Å². The number of anilines is 4. The van der Waals surface area contributed by atoms with E-state index in [2.05, 4.69) is 41.2 Å². The lowest BCUT2D eigenvalue weighted by atomic mass is 9.86. The summed E-state index contributed by atoms with van der Waals surface area (Å²) in [5.74, 6) is -0.160. The number of thioether (sulfide) groups is 2. The van der Waals surface area contributed by atoms with Crippen LogP contribution in [0.1, 0.15) is 119 Å². The van der Waals surface area contributed by atoms with Gasteiger partial charge in [-0.15, -0.1) is 23.5 Å². The lowest BCUT2D eigenvalue weighted by Crippen LogP contribution is -2.23. The Hall–Kier alpha value is -6.48. The minimum Gasteiger partial charge on any atom is -0.388 e. The van der Waals surface area contributed by atoms with Gasteiger partial charge in [0.1, 0.15) is 0 Å². The molecule has 19 nitrogen and oxygen atoms in total. The van der Waals surface area contributed by atoms with Gasteiger partial charge in [-0.1, -0.05) is 47.6 Å². The first-order valence-electron chi connectivity index (χ1n) is 22.3. The molecular weight excluding hydrogens is 903 g/mol. The van der Waals surface area contributed by atoms with Gasteiger partial charge >= 0.3 is 0 Å². The van der Waals surface area contributed by atoms with E-state index < -0.39 is 11.8 Å². The summed E-state index contributed by atoms with van der Waals surface area (Å²) >= 11 is 2.75. The Bertz CT molecular complexity index is 2200. The van der Waals surface area contributed by atoms with E-state index >= 15 is 0 Å². The number of unbranched alkanes of at least 4 members (excludes halogenated alkanes) is 2. The molecule has 0 spiro atoms. The first-order chi connectivity index (χ1) is 31.9. The third kappa shape index (κ3) is 19.8. The molecule has 0 bridgehead atoms. The Morgan fingerprint density at radius 2 is 0.853 bits per heavy atom. The Labute approximate surface area is 408 Å². The van der Waals surface area contributed by atoms with E-state index in [0.717, 1.165) is 11.1 Å². The minimum absolute atomic E-state index is 0.00594. The Balaban J connectivity index is 2.02. The molecule has 0 heterocycles. The molecule has 0 aliphatic carbocycles. The van der Waals surface area contributed by atoms with Gasteiger partial charge in [-0.2, -0.15) is 0 Å². The van der Waals surface area contributed by atoms with E-state index in [0.29, 0.717) is 88.7 Å². The first kappa shape index (κ1) is 55.8.